The molecule has 0 fully saturated rings. The molecule has 0 aromatic heterocycles. The predicted octanol–water partition coefficient (Wildman–Crippen LogP) is 4.75. The maximum Gasteiger partial charge on any atom is 0.306 e. The van der Waals surface area contributed by atoms with Gasteiger partial charge in [0.15, 0.2) is 6.29 Å². The monoisotopic (exact) mass is 514 g/mol. The van der Waals surface area contributed by atoms with Crippen molar-refractivity contribution in [3.05, 3.63) is 29.8 Å². The summed E-state index contributed by atoms with van der Waals surface area (Å²) in [5.41, 5.74) is 13.5. The fourth-order valence-electron chi connectivity index (χ4n) is 4.04. The molecular formula is C29H46N4O4. The number of carbonyl (C=O) groups is 3. The third kappa shape index (κ3) is 12.3. The maximum atomic E-state index is 12.7. The van der Waals surface area contributed by atoms with E-state index in [-0.39, 0.29) is 23.5 Å². The van der Waals surface area contributed by atoms with Crippen molar-refractivity contribution >= 4 is 35.3 Å². The van der Waals surface area contributed by atoms with E-state index in [0.717, 1.165) is 37.5 Å². The number of nitrogens with two attached hydrogens (primary N) is 2. The second kappa shape index (κ2) is 17.6. The molecular weight excluding hydrogens is 468 g/mol. The highest BCUT2D eigenvalue weighted by Gasteiger charge is 2.23. The van der Waals surface area contributed by atoms with Gasteiger partial charge in [-0.1, -0.05) is 46.2 Å². The van der Waals surface area contributed by atoms with Gasteiger partial charge in [0, 0.05) is 30.7 Å². The lowest BCUT2D eigenvalue weighted by molar-refractivity contribution is -0.141. The zero-order chi connectivity index (χ0) is 27.8. The number of aliphatic carboxylic acids is 1. The van der Waals surface area contributed by atoms with Crippen molar-refractivity contribution in [3.8, 4) is 0 Å². The van der Waals surface area contributed by atoms with E-state index in [1.165, 1.54) is 0 Å². The molecule has 0 aliphatic carbocycles. The van der Waals surface area contributed by atoms with Gasteiger partial charge in [-0.3, -0.25) is 19.4 Å². The number of aliphatic imine (C=N–C) groups is 2. The first-order chi connectivity index (χ1) is 17.6. The van der Waals surface area contributed by atoms with Gasteiger partial charge < -0.3 is 16.6 Å². The molecule has 5 N–H and O–H groups in total. The number of hydrogen-bond acceptors (Lipinski definition) is 6. The number of Topliss-reactive ketones (excluding diaryl/α,β-unsaturated/α-hetero) is 1. The Kier molecular flexibility index (Phi) is 15.3. The molecule has 4 unspecified atom stereocenters. The van der Waals surface area contributed by atoms with Gasteiger partial charge in [0.2, 0.25) is 0 Å². The molecule has 0 saturated carbocycles. The van der Waals surface area contributed by atoms with E-state index < -0.39 is 11.9 Å². The molecule has 0 amide bonds. The van der Waals surface area contributed by atoms with E-state index in [2.05, 4.69) is 16.9 Å². The number of carboxylic acids is 1. The molecule has 0 bridgehead atoms. The van der Waals surface area contributed by atoms with Crippen molar-refractivity contribution in [1.82, 2.24) is 0 Å². The molecule has 37 heavy (non-hydrogen) atoms. The van der Waals surface area contributed by atoms with Crippen LogP contribution in [0, 0.1) is 23.7 Å². The van der Waals surface area contributed by atoms with Gasteiger partial charge in [0.05, 0.1) is 23.2 Å². The summed E-state index contributed by atoms with van der Waals surface area (Å²) in [6.45, 7) is 8.75. The third-order valence-corrected chi connectivity index (χ3v) is 6.90. The van der Waals surface area contributed by atoms with E-state index >= 15 is 0 Å². The Bertz CT molecular complexity index is 911. The number of nitrogens with zero attached hydrogens (tertiary/aromatic N) is 2. The second-order valence-corrected chi connectivity index (χ2v) is 10.1. The molecule has 0 spiro atoms. The quantitative estimate of drug-likeness (QED) is 0.105. The second-order valence-electron chi connectivity index (χ2n) is 10.1. The van der Waals surface area contributed by atoms with Crippen molar-refractivity contribution in [2.45, 2.75) is 79.1 Å². The van der Waals surface area contributed by atoms with Crippen LogP contribution >= 0.6 is 0 Å². The molecule has 1 rings (SSSR count). The molecule has 4 atom stereocenters. The van der Waals surface area contributed by atoms with Gasteiger partial charge in [0.25, 0.3) is 0 Å². The van der Waals surface area contributed by atoms with Crippen LogP contribution in [-0.2, 0) is 20.8 Å². The van der Waals surface area contributed by atoms with Crippen molar-refractivity contribution in [2.75, 3.05) is 13.1 Å². The first-order valence-corrected chi connectivity index (χ1v) is 13.5. The number of unbranched alkanes of at least 4 members (excludes halogenated alkanes) is 2. The minimum absolute atomic E-state index is 0.187. The Morgan fingerprint density at radius 1 is 1.03 bits per heavy atom. The number of amidine groups is 1. The topological polar surface area (TPSA) is 148 Å². The average Bonchev–Trinajstić information content (AvgIpc) is 2.89. The van der Waals surface area contributed by atoms with E-state index in [0.29, 0.717) is 56.0 Å². The number of carboxylic acid groups (broad SMARTS) is 1. The molecule has 1 aromatic carbocycles. The molecule has 8 nitrogen and oxygen atoms in total. The van der Waals surface area contributed by atoms with E-state index in [1.54, 1.807) is 19.1 Å². The molecule has 0 aliphatic rings. The lowest BCUT2D eigenvalue weighted by Gasteiger charge is -2.20. The predicted molar refractivity (Wildman–Crippen MR) is 150 cm³/mol. The van der Waals surface area contributed by atoms with Crippen LogP contribution < -0.4 is 11.5 Å². The molecule has 0 radical (unpaired) electrons. The zero-order valence-electron chi connectivity index (χ0n) is 23.0. The molecule has 0 aliphatic heterocycles. The van der Waals surface area contributed by atoms with Crippen LogP contribution in [-0.4, -0.2) is 47.8 Å². The average molecular weight is 515 g/mol. The Labute approximate surface area is 222 Å². The third-order valence-electron chi connectivity index (χ3n) is 6.90. The lowest BCUT2D eigenvalue weighted by atomic mass is 9.86. The van der Waals surface area contributed by atoms with E-state index in [4.69, 9.17) is 16.6 Å². The first-order valence-electron chi connectivity index (χ1n) is 13.5. The first kappa shape index (κ1) is 32.2. The van der Waals surface area contributed by atoms with Gasteiger partial charge in [-0.05, 0) is 62.8 Å². The summed E-state index contributed by atoms with van der Waals surface area (Å²) in [6.07, 6.45) is 6.35. The fraction of sp³-hybridized carbons (Fsp3) is 0.621. The number of aldehydes is 1. The summed E-state index contributed by atoms with van der Waals surface area (Å²) in [5, 5.41) is 9.14. The summed E-state index contributed by atoms with van der Waals surface area (Å²) in [4.78, 5) is 45.1. The minimum Gasteiger partial charge on any atom is -0.481 e. The number of rotatable bonds is 19. The van der Waals surface area contributed by atoms with Crippen LogP contribution in [0.15, 0.2) is 34.3 Å². The normalized spacial score (nSPS) is 15.6. The van der Waals surface area contributed by atoms with Crippen LogP contribution in [0.2, 0.25) is 0 Å². The maximum absolute atomic E-state index is 12.7. The zero-order valence-corrected chi connectivity index (χ0v) is 23.0. The van der Waals surface area contributed by atoms with Crippen LogP contribution in [0.1, 0.15) is 78.2 Å². The van der Waals surface area contributed by atoms with Gasteiger partial charge >= 0.3 is 5.97 Å². The smallest absolute Gasteiger partial charge is 0.306 e. The Balaban J connectivity index is 3.05. The molecule has 0 saturated heterocycles. The van der Waals surface area contributed by atoms with Gasteiger partial charge in [-0.15, -0.1) is 0 Å². The highest BCUT2D eigenvalue weighted by atomic mass is 16.4. The van der Waals surface area contributed by atoms with Crippen molar-refractivity contribution < 1.29 is 19.5 Å². The van der Waals surface area contributed by atoms with E-state index in [9.17, 15) is 14.4 Å². The fourth-order valence-corrected chi connectivity index (χ4v) is 4.04. The summed E-state index contributed by atoms with van der Waals surface area (Å²) < 4.78 is 0. The Morgan fingerprint density at radius 3 is 2.27 bits per heavy atom. The minimum atomic E-state index is -0.840. The highest BCUT2D eigenvalue weighted by molar-refractivity contribution is 6.30. The molecule has 206 valence electrons. The Morgan fingerprint density at radius 2 is 1.70 bits per heavy atom. The summed E-state index contributed by atoms with van der Waals surface area (Å²) in [6, 6.07) is 7.24. The molecule has 8 heteroatoms. The Hall–Kier alpha value is -2.87. The van der Waals surface area contributed by atoms with Crippen LogP contribution in [0.3, 0.4) is 0 Å². The summed E-state index contributed by atoms with van der Waals surface area (Å²) in [5.74, 6) is -0.791. The number of benzene rings is 1. The van der Waals surface area contributed by atoms with Crippen LogP contribution in [0.4, 0.5) is 5.69 Å². The van der Waals surface area contributed by atoms with Crippen molar-refractivity contribution in [2.24, 2.45) is 45.1 Å². The highest BCUT2D eigenvalue weighted by Crippen LogP contribution is 2.23. The van der Waals surface area contributed by atoms with Gasteiger partial charge in [0.1, 0.15) is 5.78 Å². The molecule has 0 heterocycles. The van der Waals surface area contributed by atoms with Crippen molar-refractivity contribution in [3.63, 3.8) is 0 Å². The summed E-state index contributed by atoms with van der Waals surface area (Å²) >= 11 is 0. The molecule has 1 aromatic rings. The lowest BCUT2D eigenvalue weighted by Crippen LogP contribution is -2.25. The van der Waals surface area contributed by atoms with Crippen LogP contribution in [0.25, 0.3) is 0 Å². The van der Waals surface area contributed by atoms with Crippen LogP contribution in [0.5, 0.6) is 0 Å². The number of carbonyl (C=O) groups excluding carboxylic acids is 2. The van der Waals surface area contributed by atoms with E-state index in [1.807, 2.05) is 26.0 Å². The van der Waals surface area contributed by atoms with Crippen molar-refractivity contribution in [1.29, 1.82) is 0 Å². The van der Waals surface area contributed by atoms with Gasteiger partial charge in [-0.2, -0.15) is 0 Å². The largest absolute Gasteiger partial charge is 0.481 e. The SMILES string of the molecule is CCC(C)C(N)=NCCC(CC(C)C(=O)CCCCCN)C(C=O)=Nc1ccc(CC(C)C(=O)O)cc1. The number of hydrogen-bond donors (Lipinski definition) is 3. The van der Waals surface area contributed by atoms with Gasteiger partial charge in [-0.25, -0.2) is 4.99 Å². The standard InChI is InChI=1S/C29H46N4O4/c1-5-20(2)28(31)32-16-14-24(18-21(3)27(35)9-7-6-8-15-30)26(19-34)33-25-12-10-23(11-13-25)17-22(4)29(36)37/h10-13,19-22,24H,5-9,14-18,30H2,1-4H3,(H2,31,32)(H,36,37). The summed E-state index contributed by atoms with van der Waals surface area (Å²) in [7, 11) is 0. The number of ketones is 1.